The number of nitrogens with one attached hydrogen (secondary N) is 1. The van der Waals surface area contributed by atoms with Crippen molar-refractivity contribution in [2.24, 2.45) is 5.41 Å². The highest BCUT2D eigenvalue weighted by Crippen LogP contribution is 2.25. The number of hydrogen-bond donors (Lipinski definition) is 3. The summed E-state index contributed by atoms with van der Waals surface area (Å²) in [6.45, 7) is 8.88. The summed E-state index contributed by atoms with van der Waals surface area (Å²) in [7, 11) is 0. The minimum Gasteiger partial charge on any atom is -0.508 e. The highest BCUT2D eigenvalue weighted by molar-refractivity contribution is 5.37. The molecule has 1 aromatic rings. The summed E-state index contributed by atoms with van der Waals surface area (Å²) in [6, 6.07) is 5.67. The first-order chi connectivity index (χ1) is 7.85. The van der Waals surface area contributed by atoms with Crippen molar-refractivity contribution in [2.75, 3.05) is 13.2 Å². The highest BCUT2D eigenvalue weighted by Gasteiger charge is 2.18. The lowest BCUT2D eigenvalue weighted by Gasteiger charge is -2.25. The molecule has 1 atom stereocenters. The molecule has 0 aromatic heterocycles. The minimum absolute atomic E-state index is 0.0701. The van der Waals surface area contributed by atoms with E-state index in [0.29, 0.717) is 12.3 Å². The van der Waals surface area contributed by atoms with Crippen LogP contribution < -0.4 is 5.32 Å². The Balaban J connectivity index is 2.70. The lowest BCUT2D eigenvalue weighted by molar-refractivity contribution is 0.153. The van der Waals surface area contributed by atoms with Crippen molar-refractivity contribution in [3.63, 3.8) is 0 Å². The monoisotopic (exact) mass is 237 g/mol. The van der Waals surface area contributed by atoms with E-state index >= 15 is 0 Å². The number of benzene rings is 1. The first-order valence-electron chi connectivity index (χ1n) is 5.99. The molecule has 0 heterocycles. The van der Waals surface area contributed by atoms with Gasteiger partial charge in [0.15, 0.2) is 0 Å². The number of phenolic OH excluding ortho intramolecular Hbond substituents is 1. The van der Waals surface area contributed by atoms with E-state index in [0.717, 1.165) is 11.1 Å². The van der Waals surface area contributed by atoms with Crippen LogP contribution in [0.3, 0.4) is 0 Å². The third-order valence-corrected chi connectivity index (χ3v) is 2.96. The molecule has 3 nitrogen and oxygen atoms in total. The molecule has 0 aliphatic heterocycles. The molecule has 0 spiro atoms. The number of aliphatic hydroxyl groups excluding tert-OH is 1. The van der Waals surface area contributed by atoms with Crippen LogP contribution in [0.4, 0.5) is 0 Å². The zero-order valence-corrected chi connectivity index (χ0v) is 11.1. The molecule has 3 N–H and O–H groups in total. The fourth-order valence-electron chi connectivity index (χ4n) is 1.62. The maximum absolute atomic E-state index is 9.80. The standard InChI is InChI=1S/C14H23NO2/c1-10-5-6-13(17)12(7-10)11(2)15-8-14(3,4)9-16/h5-7,11,15-17H,8-9H2,1-4H3. The first-order valence-corrected chi connectivity index (χ1v) is 5.99. The Bertz CT molecular complexity index is 374. The van der Waals surface area contributed by atoms with E-state index in [9.17, 15) is 10.2 Å². The topological polar surface area (TPSA) is 52.5 Å². The summed E-state index contributed by atoms with van der Waals surface area (Å²) in [6.07, 6.45) is 0. The number of aryl methyl sites for hydroxylation is 1. The second kappa shape index (κ2) is 5.52. The normalized spacial score (nSPS) is 13.7. The van der Waals surface area contributed by atoms with Gasteiger partial charge in [-0.05, 0) is 19.9 Å². The molecule has 0 amide bonds. The smallest absolute Gasteiger partial charge is 0.120 e. The summed E-state index contributed by atoms with van der Waals surface area (Å²) in [5, 5.41) is 22.3. The van der Waals surface area contributed by atoms with Crippen LogP contribution in [0.2, 0.25) is 0 Å². The van der Waals surface area contributed by atoms with Crippen LogP contribution in [0.15, 0.2) is 18.2 Å². The molecule has 1 unspecified atom stereocenters. The molecule has 0 saturated heterocycles. The van der Waals surface area contributed by atoms with Gasteiger partial charge in [0, 0.05) is 30.2 Å². The SMILES string of the molecule is Cc1ccc(O)c(C(C)NCC(C)(C)CO)c1. The van der Waals surface area contributed by atoms with Crippen LogP contribution in [0.1, 0.15) is 37.9 Å². The molecule has 3 heteroatoms. The molecule has 0 aliphatic carbocycles. The van der Waals surface area contributed by atoms with Gasteiger partial charge in [0.05, 0.1) is 0 Å². The van der Waals surface area contributed by atoms with Crippen molar-refractivity contribution < 1.29 is 10.2 Å². The highest BCUT2D eigenvalue weighted by atomic mass is 16.3. The fraction of sp³-hybridized carbons (Fsp3) is 0.571. The number of aliphatic hydroxyl groups is 1. The third kappa shape index (κ3) is 4.02. The summed E-state index contributed by atoms with van der Waals surface area (Å²) in [4.78, 5) is 0. The van der Waals surface area contributed by atoms with Crippen LogP contribution in [0, 0.1) is 12.3 Å². The predicted molar refractivity (Wildman–Crippen MR) is 70.1 cm³/mol. The maximum atomic E-state index is 9.80. The lowest BCUT2D eigenvalue weighted by atomic mass is 9.94. The number of rotatable bonds is 5. The molecule has 17 heavy (non-hydrogen) atoms. The Kier molecular flexibility index (Phi) is 4.54. The Morgan fingerprint density at radius 2 is 2.00 bits per heavy atom. The van der Waals surface area contributed by atoms with Crippen LogP contribution in [0.25, 0.3) is 0 Å². The van der Waals surface area contributed by atoms with Crippen molar-refractivity contribution in [3.8, 4) is 5.75 Å². The first kappa shape index (κ1) is 14.0. The Morgan fingerprint density at radius 3 is 2.59 bits per heavy atom. The average molecular weight is 237 g/mol. The number of hydrogen-bond acceptors (Lipinski definition) is 3. The van der Waals surface area contributed by atoms with Crippen molar-refractivity contribution in [2.45, 2.75) is 33.7 Å². The Labute approximate surface area is 103 Å². The van der Waals surface area contributed by atoms with E-state index < -0.39 is 0 Å². The summed E-state index contributed by atoms with van der Waals surface area (Å²) < 4.78 is 0. The van der Waals surface area contributed by atoms with Gasteiger partial charge in [-0.25, -0.2) is 0 Å². The molecular formula is C14H23NO2. The van der Waals surface area contributed by atoms with Gasteiger partial charge in [-0.2, -0.15) is 0 Å². The molecule has 0 bridgehead atoms. The largest absolute Gasteiger partial charge is 0.508 e. The zero-order valence-electron chi connectivity index (χ0n) is 11.1. The van der Waals surface area contributed by atoms with Crippen LogP contribution in [-0.4, -0.2) is 23.4 Å². The fourth-order valence-corrected chi connectivity index (χ4v) is 1.62. The molecule has 1 rings (SSSR count). The molecular weight excluding hydrogens is 214 g/mol. The third-order valence-electron chi connectivity index (χ3n) is 2.96. The van der Waals surface area contributed by atoms with Crippen LogP contribution in [0.5, 0.6) is 5.75 Å². The number of aromatic hydroxyl groups is 1. The summed E-state index contributed by atoms with van der Waals surface area (Å²) in [5.41, 5.74) is 1.89. The molecule has 0 saturated carbocycles. The van der Waals surface area contributed by atoms with Gasteiger partial charge >= 0.3 is 0 Å². The zero-order chi connectivity index (χ0) is 13.1. The average Bonchev–Trinajstić information content (AvgIpc) is 2.29. The number of phenols is 1. The van der Waals surface area contributed by atoms with E-state index in [1.807, 2.05) is 39.8 Å². The second-order valence-electron chi connectivity index (χ2n) is 5.49. The minimum atomic E-state index is -0.145. The second-order valence-corrected chi connectivity index (χ2v) is 5.49. The van der Waals surface area contributed by atoms with Gasteiger partial charge in [0.1, 0.15) is 5.75 Å². The van der Waals surface area contributed by atoms with E-state index in [1.54, 1.807) is 6.07 Å². The van der Waals surface area contributed by atoms with Crippen molar-refractivity contribution in [1.29, 1.82) is 0 Å². The van der Waals surface area contributed by atoms with Crippen molar-refractivity contribution >= 4 is 0 Å². The van der Waals surface area contributed by atoms with Gasteiger partial charge in [-0.3, -0.25) is 0 Å². The quantitative estimate of drug-likeness (QED) is 0.737. The molecule has 0 aliphatic rings. The predicted octanol–water partition coefficient (Wildman–Crippen LogP) is 2.37. The van der Waals surface area contributed by atoms with Gasteiger partial charge in [0.25, 0.3) is 0 Å². The van der Waals surface area contributed by atoms with Crippen LogP contribution >= 0.6 is 0 Å². The Morgan fingerprint density at radius 1 is 1.35 bits per heavy atom. The molecule has 1 aromatic carbocycles. The van der Waals surface area contributed by atoms with E-state index in [-0.39, 0.29) is 18.1 Å². The van der Waals surface area contributed by atoms with E-state index in [2.05, 4.69) is 5.32 Å². The molecule has 0 radical (unpaired) electrons. The van der Waals surface area contributed by atoms with Crippen molar-refractivity contribution in [3.05, 3.63) is 29.3 Å². The van der Waals surface area contributed by atoms with Gasteiger partial charge in [-0.1, -0.05) is 31.5 Å². The molecule has 0 fully saturated rings. The van der Waals surface area contributed by atoms with Gasteiger partial charge < -0.3 is 15.5 Å². The van der Waals surface area contributed by atoms with Crippen LogP contribution in [-0.2, 0) is 0 Å². The van der Waals surface area contributed by atoms with E-state index in [1.165, 1.54) is 0 Å². The maximum Gasteiger partial charge on any atom is 0.120 e. The van der Waals surface area contributed by atoms with Crippen molar-refractivity contribution in [1.82, 2.24) is 5.32 Å². The lowest BCUT2D eigenvalue weighted by Crippen LogP contribution is -2.33. The molecule has 96 valence electrons. The summed E-state index contributed by atoms with van der Waals surface area (Å²) >= 11 is 0. The van der Waals surface area contributed by atoms with Gasteiger partial charge in [-0.15, -0.1) is 0 Å². The van der Waals surface area contributed by atoms with Gasteiger partial charge in [0.2, 0.25) is 0 Å². The van der Waals surface area contributed by atoms with E-state index in [4.69, 9.17) is 0 Å². The Hall–Kier alpha value is -1.06. The summed E-state index contributed by atoms with van der Waals surface area (Å²) in [5.74, 6) is 0.317.